The molecule has 0 bridgehead atoms. The summed E-state index contributed by atoms with van der Waals surface area (Å²) in [6, 6.07) is 7.08. The zero-order valence-corrected chi connectivity index (χ0v) is 14.5. The zero-order chi connectivity index (χ0) is 17.5. The molecule has 5 nitrogen and oxygen atoms in total. The standard InChI is InChI=1S/C19H27NO4/c1-3-12-24-16-7-4-15(5-8-16)6-9-18(21)20-11-10-14(2)13-17(20)19(22)23/h4-5,7-8,14,17H,3,6,9-13H2,1-2H3,(H,22,23). The lowest BCUT2D eigenvalue weighted by Crippen LogP contribution is -2.49. The first-order chi connectivity index (χ1) is 11.5. The molecule has 1 aromatic carbocycles. The molecule has 1 aliphatic rings. The van der Waals surface area contributed by atoms with Crippen LogP contribution in [-0.4, -0.2) is 41.1 Å². The Morgan fingerprint density at radius 2 is 2.00 bits per heavy atom. The van der Waals surface area contributed by atoms with Crippen LogP contribution in [0, 0.1) is 5.92 Å². The number of carbonyl (C=O) groups excluding carboxylic acids is 1. The minimum absolute atomic E-state index is 0.0689. The van der Waals surface area contributed by atoms with Crippen LogP contribution in [-0.2, 0) is 16.0 Å². The van der Waals surface area contributed by atoms with E-state index >= 15 is 0 Å². The Balaban J connectivity index is 1.88. The molecule has 2 atom stereocenters. The van der Waals surface area contributed by atoms with Crippen molar-refractivity contribution in [3.63, 3.8) is 0 Å². The first-order valence-corrected chi connectivity index (χ1v) is 8.75. The molecule has 0 radical (unpaired) electrons. The first-order valence-electron chi connectivity index (χ1n) is 8.75. The van der Waals surface area contributed by atoms with Gasteiger partial charge in [-0.3, -0.25) is 4.79 Å². The molecular weight excluding hydrogens is 306 g/mol. The second-order valence-corrected chi connectivity index (χ2v) is 6.56. The molecule has 24 heavy (non-hydrogen) atoms. The molecular formula is C19H27NO4. The molecule has 1 aromatic rings. The quantitative estimate of drug-likeness (QED) is 0.832. The molecule has 1 fully saturated rings. The summed E-state index contributed by atoms with van der Waals surface area (Å²) in [5, 5.41) is 9.35. The van der Waals surface area contributed by atoms with Crippen molar-refractivity contribution in [1.82, 2.24) is 4.90 Å². The smallest absolute Gasteiger partial charge is 0.326 e. The molecule has 0 aliphatic carbocycles. The van der Waals surface area contributed by atoms with Gasteiger partial charge in [-0.2, -0.15) is 0 Å². The highest BCUT2D eigenvalue weighted by Gasteiger charge is 2.34. The Hall–Kier alpha value is -2.04. The first kappa shape index (κ1) is 18.3. The van der Waals surface area contributed by atoms with Gasteiger partial charge in [0, 0.05) is 13.0 Å². The normalized spacial score (nSPS) is 20.7. The van der Waals surface area contributed by atoms with Crippen molar-refractivity contribution in [2.24, 2.45) is 5.92 Å². The number of benzene rings is 1. The number of piperidine rings is 1. The third-order valence-electron chi connectivity index (χ3n) is 4.49. The third-order valence-corrected chi connectivity index (χ3v) is 4.49. The summed E-state index contributed by atoms with van der Waals surface area (Å²) in [5.41, 5.74) is 1.06. The minimum atomic E-state index is -0.896. The maximum atomic E-state index is 12.4. The summed E-state index contributed by atoms with van der Waals surface area (Å²) in [4.78, 5) is 25.4. The molecule has 2 unspecified atom stereocenters. The Labute approximate surface area is 143 Å². The number of carboxylic acid groups (broad SMARTS) is 1. The lowest BCUT2D eigenvalue weighted by molar-refractivity contribution is -0.153. The van der Waals surface area contributed by atoms with Gasteiger partial charge in [-0.05, 0) is 49.3 Å². The number of hydrogen-bond acceptors (Lipinski definition) is 3. The number of carboxylic acids is 1. The summed E-state index contributed by atoms with van der Waals surface area (Å²) in [6.07, 6.45) is 3.34. The molecule has 0 aromatic heterocycles. The monoisotopic (exact) mass is 333 g/mol. The summed E-state index contributed by atoms with van der Waals surface area (Å²) in [7, 11) is 0. The van der Waals surface area contributed by atoms with E-state index in [0.29, 0.717) is 38.3 Å². The van der Waals surface area contributed by atoms with Crippen LogP contribution < -0.4 is 4.74 Å². The summed E-state index contributed by atoms with van der Waals surface area (Å²) in [5.74, 6) is 0.224. The summed E-state index contributed by atoms with van der Waals surface area (Å²) in [6.45, 7) is 5.34. The van der Waals surface area contributed by atoms with E-state index in [-0.39, 0.29) is 5.91 Å². The minimum Gasteiger partial charge on any atom is -0.494 e. The number of likely N-dealkylation sites (tertiary alicyclic amines) is 1. The van der Waals surface area contributed by atoms with E-state index in [2.05, 4.69) is 6.92 Å². The number of nitrogens with zero attached hydrogens (tertiary/aromatic N) is 1. The largest absolute Gasteiger partial charge is 0.494 e. The molecule has 0 spiro atoms. The van der Waals surface area contributed by atoms with Crippen molar-refractivity contribution in [2.45, 2.75) is 52.0 Å². The maximum Gasteiger partial charge on any atom is 0.326 e. The van der Waals surface area contributed by atoms with E-state index in [0.717, 1.165) is 24.2 Å². The molecule has 1 amide bonds. The van der Waals surface area contributed by atoms with Gasteiger partial charge in [0.15, 0.2) is 0 Å². The van der Waals surface area contributed by atoms with Crippen LogP contribution in [0.25, 0.3) is 0 Å². The number of hydrogen-bond donors (Lipinski definition) is 1. The van der Waals surface area contributed by atoms with Gasteiger partial charge in [0.2, 0.25) is 5.91 Å². The van der Waals surface area contributed by atoms with Gasteiger partial charge in [0.1, 0.15) is 11.8 Å². The van der Waals surface area contributed by atoms with Crippen LogP contribution in [0.5, 0.6) is 5.75 Å². The average Bonchev–Trinajstić information content (AvgIpc) is 2.58. The van der Waals surface area contributed by atoms with Gasteiger partial charge in [0.05, 0.1) is 6.61 Å². The number of ether oxygens (including phenoxy) is 1. The molecule has 5 heteroatoms. The fourth-order valence-corrected chi connectivity index (χ4v) is 3.04. The second kappa shape index (κ2) is 8.71. The highest BCUT2D eigenvalue weighted by molar-refractivity contribution is 5.84. The Morgan fingerprint density at radius 3 is 2.62 bits per heavy atom. The van der Waals surface area contributed by atoms with Crippen LogP contribution in [0.1, 0.15) is 45.1 Å². The van der Waals surface area contributed by atoms with Crippen LogP contribution in [0.3, 0.4) is 0 Å². The topological polar surface area (TPSA) is 66.8 Å². The van der Waals surface area contributed by atoms with Gasteiger partial charge >= 0.3 is 5.97 Å². The van der Waals surface area contributed by atoms with E-state index in [4.69, 9.17) is 4.74 Å². The molecule has 1 aliphatic heterocycles. The fraction of sp³-hybridized carbons (Fsp3) is 0.579. The van der Waals surface area contributed by atoms with E-state index in [1.165, 1.54) is 0 Å². The third kappa shape index (κ3) is 4.98. The number of amides is 1. The molecule has 1 saturated heterocycles. The Morgan fingerprint density at radius 1 is 1.29 bits per heavy atom. The summed E-state index contributed by atoms with van der Waals surface area (Å²) < 4.78 is 5.54. The van der Waals surface area contributed by atoms with Crippen molar-refractivity contribution in [2.75, 3.05) is 13.2 Å². The highest BCUT2D eigenvalue weighted by atomic mass is 16.5. The molecule has 1 heterocycles. The van der Waals surface area contributed by atoms with Gasteiger partial charge in [0.25, 0.3) is 0 Å². The van der Waals surface area contributed by atoms with E-state index in [1.807, 2.05) is 31.2 Å². The zero-order valence-electron chi connectivity index (χ0n) is 14.5. The number of carbonyl (C=O) groups is 2. The second-order valence-electron chi connectivity index (χ2n) is 6.56. The lowest BCUT2D eigenvalue weighted by Gasteiger charge is -2.36. The van der Waals surface area contributed by atoms with Gasteiger partial charge in [-0.15, -0.1) is 0 Å². The number of aliphatic carboxylic acids is 1. The van der Waals surface area contributed by atoms with Crippen molar-refractivity contribution in [3.8, 4) is 5.75 Å². The van der Waals surface area contributed by atoms with Crippen molar-refractivity contribution < 1.29 is 19.4 Å². The van der Waals surface area contributed by atoms with Crippen LogP contribution in [0.15, 0.2) is 24.3 Å². The van der Waals surface area contributed by atoms with Crippen LogP contribution in [0.2, 0.25) is 0 Å². The van der Waals surface area contributed by atoms with Gasteiger partial charge < -0.3 is 14.7 Å². The molecule has 1 N–H and O–H groups in total. The molecule has 0 saturated carbocycles. The Bertz CT molecular complexity index is 555. The van der Waals surface area contributed by atoms with E-state index in [1.54, 1.807) is 4.90 Å². The Kier molecular flexibility index (Phi) is 6.64. The summed E-state index contributed by atoms with van der Waals surface area (Å²) >= 11 is 0. The van der Waals surface area contributed by atoms with E-state index < -0.39 is 12.0 Å². The predicted octanol–water partition coefficient (Wildman–Crippen LogP) is 3.12. The van der Waals surface area contributed by atoms with E-state index in [9.17, 15) is 14.7 Å². The van der Waals surface area contributed by atoms with Crippen molar-refractivity contribution >= 4 is 11.9 Å². The predicted molar refractivity (Wildman–Crippen MR) is 92.1 cm³/mol. The van der Waals surface area contributed by atoms with Gasteiger partial charge in [-0.1, -0.05) is 26.0 Å². The van der Waals surface area contributed by atoms with Crippen LogP contribution >= 0.6 is 0 Å². The highest BCUT2D eigenvalue weighted by Crippen LogP contribution is 2.24. The maximum absolute atomic E-state index is 12.4. The van der Waals surface area contributed by atoms with Crippen LogP contribution in [0.4, 0.5) is 0 Å². The van der Waals surface area contributed by atoms with Crippen molar-refractivity contribution in [1.29, 1.82) is 0 Å². The lowest BCUT2D eigenvalue weighted by atomic mass is 9.92. The fourth-order valence-electron chi connectivity index (χ4n) is 3.04. The SMILES string of the molecule is CCCOc1ccc(CCC(=O)N2CCC(C)CC2C(=O)O)cc1. The molecule has 132 valence electrons. The number of rotatable bonds is 7. The average molecular weight is 333 g/mol. The van der Waals surface area contributed by atoms with Gasteiger partial charge in [-0.25, -0.2) is 4.79 Å². The molecule has 2 rings (SSSR count). The number of aryl methyl sites for hydroxylation is 1. The van der Waals surface area contributed by atoms with Crippen molar-refractivity contribution in [3.05, 3.63) is 29.8 Å².